The summed E-state index contributed by atoms with van der Waals surface area (Å²) in [5.74, 6) is -2.15. The molecule has 2 aliphatic heterocycles. The van der Waals surface area contributed by atoms with Crippen LogP contribution in [0.4, 0.5) is 20.3 Å². The van der Waals surface area contributed by atoms with Crippen molar-refractivity contribution in [1.29, 1.82) is 0 Å². The molecule has 1 fully saturated rings. The van der Waals surface area contributed by atoms with E-state index < -0.39 is 16.6 Å². The summed E-state index contributed by atoms with van der Waals surface area (Å²) in [6, 6.07) is 7.71. The fourth-order valence-corrected chi connectivity index (χ4v) is 6.12. The second kappa shape index (κ2) is 12.2. The number of aromatic nitrogens is 3. The maximum atomic E-state index is 14.6. The zero-order valence-electron chi connectivity index (χ0n) is 24.4. The molecule has 2 atom stereocenters. The van der Waals surface area contributed by atoms with Crippen molar-refractivity contribution in [3.05, 3.63) is 92.0 Å². The van der Waals surface area contributed by atoms with Crippen LogP contribution in [0.5, 0.6) is 11.6 Å². The molecule has 0 N–H and O–H groups in total. The molecule has 0 saturated carbocycles. The molecule has 3 aromatic heterocycles. The lowest BCUT2D eigenvalue weighted by molar-refractivity contribution is -0.389. The van der Waals surface area contributed by atoms with Crippen LogP contribution in [0.25, 0.3) is 10.9 Å². The van der Waals surface area contributed by atoms with Crippen LogP contribution in [-0.2, 0) is 13.0 Å². The Balaban J connectivity index is 1.34. The number of pyridine rings is 3. The van der Waals surface area contributed by atoms with Gasteiger partial charge in [-0.1, -0.05) is 0 Å². The summed E-state index contributed by atoms with van der Waals surface area (Å²) in [6.07, 6.45) is 7.35. The first kappa shape index (κ1) is 29.4. The topological polar surface area (TPSA) is 116 Å². The lowest BCUT2D eigenvalue weighted by Crippen LogP contribution is -2.49. The third-order valence-electron chi connectivity index (χ3n) is 8.45. The second-order valence-corrected chi connectivity index (χ2v) is 11.2. The van der Waals surface area contributed by atoms with E-state index >= 15 is 0 Å². The van der Waals surface area contributed by atoms with Crippen LogP contribution in [-0.4, -0.2) is 63.8 Å². The molecular formula is C31H32F2N6O5. The highest BCUT2D eigenvalue weighted by atomic mass is 19.2. The Hall–Kier alpha value is -4.65. The Morgan fingerprint density at radius 1 is 1.23 bits per heavy atom. The standard InChI is InChI=1S/C31H32F2N6O5/c1-19-18-44-31-28(33)25(32)13-24-29(31)38(19)16-21(30(24)40)15-37(11-8-20-7-9-34-27(12-20)43-2)23-4-3-10-36(17-23)22-5-6-26(35-14-22)39(41)42/h5-7,9,12-14,16,19,23H,3-4,8,10-11,15,17-18H2,1-2H3/t19?,23-/m0/s1. The summed E-state index contributed by atoms with van der Waals surface area (Å²) in [7, 11) is 1.56. The fourth-order valence-electron chi connectivity index (χ4n) is 6.12. The van der Waals surface area contributed by atoms with Gasteiger partial charge in [0.1, 0.15) is 6.61 Å². The van der Waals surface area contributed by atoms with Crippen LogP contribution in [0.2, 0.25) is 0 Å². The predicted octanol–water partition coefficient (Wildman–Crippen LogP) is 4.65. The lowest BCUT2D eigenvalue weighted by atomic mass is 10.0. The van der Waals surface area contributed by atoms with E-state index in [1.807, 2.05) is 23.6 Å². The zero-order valence-corrected chi connectivity index (χ0v) is 24.4. The minimum Gasteiger partial charge on any atom is -0.486 e. The van der Waals surface area contributed by atoms with Gasteiger partial charge in [-0.15, -0.1) is 0 Å². The minimum absolute atomic E-state index is 0.0281. The number of nitrogens with zero attached hydrogens (tertiary/aromatic N) is 6. The number of rotatable bonds is 9. The van der Waals surface area contributed by atoms with Crippen LogP contribution < -0.4 is 19.8 Å². The SMILES string of the molecule is COc1cc(CCN(Cc2cn3c4c(c(F)c(F)cc4c2=O)OCC3C)[C@H]2CCCN(c3ccc([N+](=O)[O-])nc3)C2)ccn1. The average Bonchev–Trinajstić information content (AvgIpc) is 3.04. The number of anilines is 1. The molecule has 0 aliphatic carbocycles. The van der Waals surface area contributed by atoms with E-state index in [1.54, 1.807) is 25.6 Å². The minimum atomic E-state index is -1.12. The molecular weight excluding hydrogens is 574 g/mol. The van der Waals surface area contributed by atoms with Crippen LogP contribution in [0.3, 0.4) is 0 Å². The van der Waals surface area contributed by atoms with Crippen molar-refractivity contribution < 1.29 is 23.2 Å². The van der Waals surface area contributed by atoms with Gasteiger partial charge in [0, 0.05) is 62.3 Å². The lowest BCUT2D eigenvalue weighted by Gasteiger charge is -2.40. The molecule has 0 bridgehead atoms. The number of piperidine rings is 1. The van der Waals surface area contributed by atoms with Crippen molar-refractivity contribution in [3.63, 3.8) is 0 Å². The average molecular weight is 607 g/mol. The van der Waals surface area contributed by atoms with E-state index in [9.17, 15) is 23.7 Å². The molecule has 13 heteroatoms. The molecule has 11 nitrogen and oxygen atoms in total. The van der Waals surface area contributed by atoms with E-state index in [-0.39, 0.29) is 53.1 Å². The molecule has 6 rings (SSSR count). The number of halogens is 2. The van der Waals surface area contributed by atoms with Gasteiger partial charge in [-0.2, -0.15) is 4.39 Å². The largest absolute Gasteiger partial charge is 0.486 e. The summed E-state index contributed by atoms with van der Waals surface area (Å²) in [6.45, 7) is 4.33. The zero-order chi connectivity index (χ0) is 31.0. The van der Waals surface area contributed by atoms with E-state index in [0.717, 1.165) is 36.7 Å². The van der Waals surface area contributed by atoms with Gasteiger partial charge in [-0.05, 0) is 59.9 Å². The smallest absolute Gasteiger partial charge is 0.363 e. The maximum Gasteiger partial charge on any atom is 0.363 e. The number of benzene rings is 1. The van der Waals surface area contributed by atoms with Crippen LogP contribution in [0, 0.1) is 21.7 Å². The first-order valence-electron chi connectivity index (χ1n) is 14.5. The molecule has 1 aromatic carbocycles. The predicted molar refractivity (Wildman–Crippen MR) is 159 cm³/mol. The maximum absolute atomic E-state index is 14.6. The summed E-state index contributed by atoms with van der Waals surface area (Å²) >= 11 is 0. The highest BCUT2D eigenvalue weighted by Crippen LogP contribution is 2.35. The normalized spacial score (nSPS) is 18.0. The summed E-state index contributed by atoms with van der Waals surface area (Å²) in [5, 5.41) is 11.2. The summed E-state index contributed by atoms with van der Waals surface area (Å²) in [5.41, 5.74) is 2.18. The first-order chi connectivity index (χ1) is 21.2. The van der Waals surface area contributed by atoms with Gasteiger partial charge in [-0.3, -0.25) is 9.69 Å². The second-order valence-electron chi connectivity index (χ2n) is 11.2. The van der Waals surface area contributed by atoms with Gasteiger partial charge >= 0.3 is 5.82 Å². The number of ether oxygens (including phenoxy) is 2. The van der Waals surface area contributed by atoms with Crippen molar-refractivity contribution in [1.82, 2.24) is 19.4 Å². The van der Waals surface area contributed by atoms with Crippen LogP contribution >= 0.6 is 0 Å². The summed E-state index contributed by atoms with van der Waals surface area (Å²) < 4.78 is 41.8. The van der Waals surface area contributed by atoms with Gasteiger partial charge in [0.2, 0.25) is 11.7 Å². The van der Waals surface area contributed by atoms with Gasteiger partial charge in [0.05, 0.1) is 29.7 Å². The Labute approximate surface area is 251 Å². The molecule has 1 saturated heterocycles. The quantitative estimate of drug-likeness (QED) is 0.198. The molecule has 2 aliphatic rings. The molecule has 5 heterocycles. The molecule has 4 aromatic rings. The number of hydrogen-bond donors (Lipinski definition) is 0. The summed E-state index contributed by atoms with van der Waals surface area (Å²) in [4.78, 5) is 37.0. The van der Waals surface area contributed by atoms with E-state index in [1.165, 1.54) is 12.3 Å². The third-order valence-corrected chi connectivity index (χ3v) is 8.45. The van der Waals surface area contributed by atoms with Gasteiger partial charge in [-0.25, -0.2) is 9.37 Å². The van der Waals surface area contributed by atoms with Crippen molar-refractivity contribution >= 4 is 22.4 Å². The highest BCUT2D eigenvalue weighted by Gasteiger charge is 2.30. The van der Waals surface area contributed by atoms with Crippen LogP contribution in [0.15, 0.2) is 53.7 Å². The Kier molecular flexibility index (Phi) is 8.13. The number of hydrogen-bond acceptors (Lipinski definition) is 9. The Morgan fingerprint density at radius 3 is 2.82 bits per heavy atom. The molecule has 0 amide bonds. The number of nitro groups is 1. The van der Waals surface area contributed by atoms with E-state index in [4.69, 9.17) is 9.47 Å². The van der Waals surface area contributed by atoms with Crippen molar-refractivity contribution in [2.75, 3.05) is 38.3 Å². The van der Waals surface area contributed by atoms with Crippen molar-refractivity contribution in [2.24, 2.45) is 0 Å². The molecule has 1 unspecified atom stereocenters. The fraction of sp³-hybridized carbons (Fsp3) is 0.387. The number of methoxy groups -OCH3 is 1. The van der Waals surface area contributed by atoms with E-state index in [0.29, 0.717) is 31.0 Å². The molecule has 44 heavy (non-hydrogen) atoms. The molecule has 230 valence electrons. The van der Waals surface area contributed by atoms with Gasteiger partial charge < -0.3 is 29.1 Å². The van der Waals surface area contributed by atoms with Crippen molar-refractivity contribution in [2.45, 2.75) is 44.8 Å². The Bertz CT molecular complexity index is 1770. The third kappa shape index (κ3) is 5.66. The van der Waals surface area contributed by atoms with Gasteiger partial charge in [0.15, 0.2) is 23.2 Å². The highest BCUT2D eigenvalue weighted by molar-refractivity contribution is 5.86. The van der Waals surface area contributed by atoms with E-state index in [2.05, 4.69) is 19.8 Å². The monoisotopic (exact) mass is 606 g/mol. The van der Waals surface area contributed by atoms with Crippen LogP contribution in [0.1, 0.15) is 36.9 Å². The van der Waals surface area contributed by atoms with Gasteiger partial charge in [0.25, 0.3) is 0 Å². The molecule has 0 spiro atoms. The first-order valence-corrected chi connectivity index (χ1v) is 14.5. The Morgan fingerprint density at radius 2 is 2.07 bits per heavy atom. The molecule has 0 radical (unpaired) electrons. The van der Waals surface area contributed by atoms with Crippen molar-refractivity contribution in [3.8, 4) is 11.6 Å².